The monoisotopic (exact) mass is 355 g/mol. The van der Waals surface area contributed by atoms with Gasteiger partial charge in [0.2, 0.25) is 0 Å². The van der Waals surface area contributed by atoms with Gasteiger partial charge in [-0.3, -0.25) is 9.59 Å². The maximum absolute atomic E-state index is 14.7. The first-order valence-electron chi connectivity index (χ1n) is 8.58. The lowest BCUT2D eigenvalue weighted by molar-refractivity contribution is -0.121. The maximum Gasteiger partial charge on any atom is 0.275 e. The number of halogens is 1. The van der Waals surface area contributed by atoms with Crippen LogP contribution in [0.2, 0.25) is 0 Å². The van der Waals surface area contributed by atoms with Crippen LogP contribution in [0.4, 0.5) is 10.1 Å². The van der Waals surface area contributed by atoms with Crippen molar-refractivity contribution in [1.29, 1.82) is 0 Å². The highest BCUT2D eigenvalue weighted by molar-refractivity contribution is 5.98. The first-order chi connectivity index (χ1) is 12.6. The summed E-state index contributed by atoms with van der Waals surface area (Å²) in [6.07, 6.45) is 6.68. The van der Waals surface area contributed by atoms with Crippen LogP contribution in [-0.4, -0.2) is 28.8 Å². The molecule has 0 bridgehead atoms. The summed E-state index contributed by atoms with van der Waals surface area (Å²) in [6, 6.07) is 2.63. The van der Waals surface area contributed by atoms with Crippen LogP contribution in [0.1, 0.15) is 24.0 Å². The zero-order valence-corrected chi connectivity index (χ0v) is 14.2. The van der Waals surface area contributed by atoms with Gasteiger partial charge in [-0.1, -0.05) is 6.08 Å². The fourth-order valence-electron chi connectivity index (χ4n) is 3.50. The average Bonchev–Trinajstić information content (AvgIpc) is 2.65. The minimum absolute atomic E-state index is 0.00878. The van der Waals surface area contributed by atoms with Crippen molar-refractivity contribution in [3.8, 4) is 11.4 Å². The van der Waals surface area contributed by atoms with Crippen LogP contribution in [0, 0.1) is 5.82 Å². The molecule has 0 N–H and O–H groups in total. The Hall–Kier alpha value is -2.96. The molecule has 2 heterocycles. The zero-order chi connectivity index (χ0) is 18.3. The van der Waals surface area contributed by atoms with Crippen LogP contribution < -0.4 is 15.2 Å². The minimum atomic E-state index is -0.623. The molecule has 1 amide bonds. The minimum Gasteiger partial charge on any atom is -0.481 e. The zero-order valence-electron chi connectivity index (χ0n) is 14.2. The van der Waals surface area contributed by atoms with Crippen LogP contribution >= 0.6 is 0 Å². The second kappa shape index (κ2) is 6.40. The molecule has 0 saturated heterocycles. The van der Waals surface area contributed by atoms with Crippen molar-refractivity contribution in [2.45, 2.75) is 25.7 Å². The average molecular weight is 355 g/mol. The van der Waals surface area contributed by atoms with Gasteiger partial charge in [-0.25, -0.2) is 4.39 Å². The molecular weight excluding hydrogens is 337 g/mol. The van der Waals surface area contributed by atoms with Gasteiger partial charge in [0.25, 0.3) is 11.5 Å². The largest absolute Gasteiger partial charge is 0.481 e. The third-order valence-corrected chi connectivity index (χ3v) is 4.80. The Morgan fingerprint density at radius 1 is 1.23 bits per heavy atom. The van der Waals surface area contributed by atoms with Gasteiger partial charge >= 0.3 is 0 Å². The summed E-state index contributed by atoms with van der Waals surface area (Å²) in [7, 11) is 0. The number of aromatic nitrogens is 2. The van der Waals surface area contributed by atoms with Gasteiger partial charge in [-0.2, -0.15) is 9.78 Å². The summed E-state index contributed by atoms with van der Waals surface area (Å²) >= 11 is 0. The van der Waals surface area contributed by atoms with Crippen molar-refractivity contribution in [3.05, 3.63) is 58.3 Å². The summed E-state index contributed by atoms with van der Waals surface area (Å²) in [5, 5.41) is 4.16. The SMILES string of the molecule is C=CCN1C(=O)COc2cc(F)c(-n3ncc4c(c3=O)CCCC4)cc21. The highest BCUT2D eigenvalue weighted by Crippen LogP contribution is 2.35. The number of benzene rings is 1. The van der Waals surface area contributed by atoms with Gasteiger partial charge in [-0.05, 0) is 37.3 Å². The van der Waals surface area contributed by atoms with Gasteiger partial charge in [0.15, 0.2) is 12.4 Å². The summed E-state index contributed by atoms with van der Waals surface area (Å²) in [5.74, 6) is -0.610. The molecule has 0 atom stereocenters. The predicted molar refractivity (Wildman–Crippen MR) is 94.5 cm³/mol. The molecule has 0 spiro atoms. The maximum atomic E-state index is 14.7. The van der Waals surface area contributed by atoms with Crippen LogP contribution in [0.15, 0.2) is 35.8 Å². The molecule has 2 aromatic rings. The molecule has 0 fully saturated rings. The Bertz CT molecular complexity index is 967. The molecule has 0 radical (unpaired) electrons. The van der Waals surface area contributed by atoms with Crippen LogP contribution in [-0.2, 0) is 17.6 Å². The fraction of sp³-hybridized carbons (Fsp3) is 0.316. The highest BCUT2D eigenvalue weighted by atomic mass is 19.1. The van der Waals surface area contributed by atoms with E-state index in [-0.39, 0.29) is 36.1 Å². The first kappa shape index (κ1) is 16.5. The number of hydrogen-bond acceptors (Lipinski definition) is 4. The van der Waals surface area contributed by atoms with Crippen LogP contribution in [0.3, 0.4) is 0 Å². The van der Waals surface area contributed by atoms with Gasteiger partial charge in [0, 0.05) is 18.2 Å². The Kier molecular flexibility index (Phi) is 4.06. The number of carbonyl (C=O) groups excluding carboxylic acids is 1. The number of carbonyl (C=O) groups is 1. The normalized spacial score (nSPS) is 15.9. The van der Waals surface area contributed by atoms with Gasteiger partial charge in [-0.15, -0.1) is 6.58 Å². The van der Waals surface area contributed by atoms with Gasteiger partial charge < -0.3 is 9.64 Å². The lowest BCUT2D eigenvalue weighted by atomic mass is 9.94. The van der Waals surface area contributed by atoms with E-state index in [1.54, 1.807) is 12.3 Å². The van der Waals surface area contributed by atoms with Crippen LogP contribution in [0.25, 0.3) is 5.69 Å². The molecule has 26 heavy (non-hydrogen) atoms. The van der Waals surface area contributed by atoms with E-state index in [0.29, 0.717) is 17.7 Å². The molecule has 6 nitrogen and oxygen atoms in total. The summed E-state index contributed by atoms with van der Waals surface area (Å²) in [4.78, 5) is 26.4. The quantitative estimate of drug-likeness (QED) is 0.792. The van der Waals surface area contributed by atoms with Crippen molar-refractivity contribution in [1.82, 2.24) is 9.78 Å². The summed E-state index contributed by atoms with van der Waals surface area (Å²) < 4.78 is 21.1. The fourth-order valence-corrected chi connectivity index (χ4v) is 3.50. The number of aryl methyl sites for hydroxylation is 1. The molecule has 1 aliphatic carbocycles. The molecule has 1 aliphatic heterocycles. The van der Waals surface area contributed by atoms with Gasteiger partial charge in [0.05, 0.1) is 11.9 Å². The van der Waals surface area contributed by atoms with E-state index in [9.17, 15) is 14.0 Å². The van der Waals surface area contributed by atoms with Crippen molar-refractivity contribution in [3.63, 3.8) is 0 Å². The van der Waals surface area contributed by atoms with E-state index in [4.69, 9.17) is 4.74 Å². The smallest absolute Gasteiger partial charge is 0.275 e. The van der Waals surface area contributed by atoms with E-state index in [0.717, 1.165) is 29.5 Å². The van der Waals surface area contributed by atoms with Crippen molar-refractivity contribution in [2.75, 3.05) is 18.1 Å². The highest BCUT2D eigenvalue weighted by Gasteiger charge is 2.27. The molecule has 4 rings (SSSR count). The molecule has 0 saturated carbocycles. The topological polar surface area (TPSA) is 64.4 Å². The van der Waals surface area contributed by atoms with E-state index in [1.807, 2.05) is 0 Å². The number of amides is 1. The number of hydrogen-bond donors (Lipinski definition) is 0. The van der Waals surface area contributed by atoms with E-state index in [1.165, 1.54) is 17.0 Å². The second-order valence-corrected chi connectivity index (χ2v) is 6.43. The number of rotatable bonds is 3. The van der Waals surface area contributed by atoms with Gasteiger partial charge in [0.1, 0.15) is 11.4 Å². The van der Waals surface area contributed by atoms with Crippen LogP contribution in [0.5, 0.6) is 5.75 Å². The molecule has 7 heteroatoms. The second-order valence-electron chi connectivity index (χ2n) is 6.43. The van der Waals surface area contributed by atoms with E-state index >= 15 is 0 Å². The number of anilines is 1. The number of ether oxygens (including phenoxy) is 1. The van der Waals surface area contributed by atoms with Crippen molar-refractivity contribution < 1.29 is 13.9 Å². The van der Waals surface area contributed by atoms with Crippen molar-refractivity contribution >= 4 is 11.6 Å². The first-order valence-corrected chi connectivity index (χ1v) is 8.58. The third-order valence-electron chi connectivity index (χ3n) is 4.80. The molecule has 134 valence electrons. The molecule has 0 unspecified atom stereocenters. The third kappa shape index (κ3) is 2.60. The lowest BCUT2D eigenvalue weighted by Gasteiger charge is -2.29. The molecule has 1 aromatic heterocycles. The standard InChI is InChI=1S/C19H18FN3O3/c1-2-7-22-16-9-15(14(20)8-17(16)26-11-18(22)24)23-19(25)13-6-4-3-5-12(13)10-21-23/h2,8-10H,1,3-7,11H2. The van der Waals surface area contributed by atoms with Crippen molar-refractivity contribution in [2.24, 2.45) is 0 Å². The Morgan fingerprint density at radius 3 is 2.85 bits per heavy atom. The lowest BCUT2D eigenvalue weighted by Crippen LogP contribution is -2.39. The van der Waals surface area contributed by atoms with E-state index in [2.05, 4.69) is 11.7 Å². The van der Waals surface area contributed by atoms with E-state index < -0.39 is 5.82 Å². The Morgan fingerprint density at radius 2 is 2.04 bits per heavy atom. The Labute approximate surface area is 149 Å². The number of nitrogens with zero attached hydrogens (tertiary/aromatic N) is 3. The summed E-state index contributed by atoms with van der Waals surface area (Å²) in [6.45, 7) is 3.76. The Balaban J connectivity index is 1.87. The predicted octanol–water partition coefficient (Wildman–Crippen LogP) is 2.16. The molecule has 1 aromatic carbocycles. The molecular formula is C19H18FN3O3. The molecule has 2 aliphatic rings. The number of fused-ring (bicyclic) bond motifs is 2. The summed E-state index contributed by atoms with van der Waals surface area (Å²) in [5.41, 5.74) is 1.74.